The number of halogens is 1. The van der Waals surface area contributed by atoms with Crippen LogP contribution < -0.4 is 0 Å². The lowest BCUT2D eigenvalue weighted by Crippen LogP contribution is -2.52. The molecule has 1 heterocycles. The van der Waals surface area contributed by atoms with Gasteiger partial charge in [0.25, 0.3) is 0 Å². The van der Waals surface area contributed by atoms with Crippen LogP contribution in [0.3, 0.4) is 0 Å². The van der Waals surface area contributed by atoms with E-state index in [0.29, 0.717) is 11.6 Å². The van der Waals surface area contributed by atoms with Gasteiger partial charge in [-0.25, -0.2) is 4.39 Å². The maximum absolute atomic E-state index is 13.8. The van der Waals surface area contributed by atoms with Gasteiger partial charge < -0.3 is 9.59 Å². The topological polar surface area (TPSA) is 20.2 Å². The number of phenolic OH excluding ortho intramolecular Hbond substituents is 1. The number of hydrogen-bond donors (Lipinski definition) is 1. The number of rotatable bonds is 4. The predicted molar refractivity (Wildman–Crippen MR) is 95.6 cm³/mol. The Bertz CT molecular complexity index is 683. The van der Waals surface area contributed by atoms with Crippen LogP contribution >= 0.6 is 0 Å². The number of aromatic hydroxyl groups is 1. The number of quaternary nitrogens is 1. The van der Waals surface area contributed by atoms with Crippen molar-refractivity contribution in [1.29, 1.82) is 0 Å². The van der Waals surface area contributed by atoms with Crippen molar-refractivity contribution >= 4 is 0 Å². The molecule has 0 saturated carbocycles. The first kappa shape index (κ1) is 17.0. The van der Waals surface area contributed by atoms with E-state index in [0.717, 1.165) is 16.5 Å². The van der Waals surface area contributed by atoms with Crippen LogP contribution in [0.5, 0.6) is 5.75 Å². The second-order valence-corrected chi connectivity index (χ2v) is 7.55. The van der Waals surface area contributed by atoms with Crippen molar-refractivity contribution in [3.8, 4) is 5.75 Å². The lowest BCUT2D eigenvalue weighted by Gasteiger charge is -2.43. The molecule has 24 heavy (non-hydrogen) atoms. The van der Waals surface area contributed by atoms with E-state index in [9.17, 15) is 9.50 Å². The van der Waals surface area contributed by atoms with Gasteiger partial charge in [0.05, 0.1) is 26.7 Å². The van der Waals surface area contributed by atoms with Crippen LogP contribution in [-0.4, -0.2) is 36.3 Å². The average molecular weight is 328 g/mol. The van der Waals surface area contributed by atoms with Crippen LogP contribution in [-0.2, 0) is 0 Å². The molecule has 0 amide bonds. The van der Waals surface area contributed by atoms with E-state index in [4.69, 9.17) is 0 Å². The maximum atomic E-state index is 13.8. The Hall–Kier alpha value is -1.87. The largest absolute Gasteiger partial charge is 0.508 e. The fourth-order valence-corrected chi connectivity index (χ4v) is 4.04. The molecule has 3 rings (SSSR count). The Labute approximate surface area is 144 Å². The third-order valence-electron chi connectivity index (χ3n) is 5.58. The highest BCUT2D eigenvalue weighted by Crippen LogP contribution is 2.38. The Morgan fingerprint density at radius 2 is 1.88 bits per heavy atom. The molecule has 0 aliphatic carbocycles. The minimum atomic E-state index is -0.291. The molecule has 0 spiro atoms. The van der Waals surface area contributed by atoms with Gasteiger partial charge in [-0.1, -0.05) is 30.3 Å². The van der Waals surface area contributed by atoms with Gasteiger partial charge in [0, 0.05) is 17.9 Å². The molecule has 1 saturated heterocycles. The standard InChI is InChI=1S/C21H26FNO/c1-23(2)13-7-6-10-18(23)15-19(16-8-4-3-5-9-16)20-14-17(22)11-12-21(20)24/h3-5,8-9,11-12,14,18-19H,6-7,10,13,15H2,1-2H3/p+1. The van der Waals surface area contributed by atoms with Crippen LogP contribution in [0.15, 0.2) is 48.5 Å². The zero-order valence-corrected chi connectivity index (χ0v) is 14.6. The fraction of sp³-hybridized carbons (Fsp3) is 0.429. The van der Waals surface area contributed by atoms with Gasteiger partial charge in [-0.2, -0.15) is 0 Å². The Kier molecular flexibility index (Phi) is 4.91. The summed E-state index contributed by atoms with van der Waals surface area (Å²) in [7, 11) is 4.58. The third kappa shape index (κ3) is 3.62. The molecule has 3 heteroatoms. The smallest absolute Gasteiger partial charge is 0.123 e. The number of hydrogen-bond acceptors (Lipinski definition) is 1. The highest BCUT2D eigenvalue weighted by Gasteiger charge is 2.34. The van der Waals surface area contributed by atoms with Crippen molar-refractivity contribution < 1.29 is 14.0 Å². The first-order valence-electron chi connectivity index (χ1n) is 8.83. The van der Waals surface area contributed by atoms with E-state index < -0.39 is 0 Å². The van der Waals surface area contributed by atoms with E-state index in [1.54, 1.807) is 0 Å². The fourth-order valence-electron chi connectivity index (χ4n) is 4.04. The molecule has 2 unspecified atom stereocenters. The molecule has 0 aromatic heterocycles. The lowest BCUT2D eigenvalue weighted by molar-refractivity contribution is -0.920. The van der Waals surface area contributed by atoms with Crippen molar-refractivity contribution in [3.63, 3.8) is 0 Å². The van der Waals surface area contributed by atoms with Gasteiger partial charge in [0.1, 0.15) is 11.6 Å². The monoisotopic (exact) mass is 328 g/mol. The van der Waals surface area contributed by atoms with Crippen molar-refractivity contribution in [2.75, 3.05) is 20.6 Å². The molecule has 128 valence electrons. The van der Waals surface area contributed by atoms with E-state index in [2.05, 4.69) is 26.2 Å². The molecule has 2 nitrogen and oxygen atoms in total. The molecular weight excluding hydrogens is 301 g/mol. The summed E-state index contributed by atoms with van der Waals surface area (Å²) in [5.74, 6) is -0.0881. The molecule has 1 aliphatic rings. The number of phenols is 1. The summed E-state index contributed by atoms with van der Waals surface area (Å²) >= 11 is 0. The zero-order chi connectivity index (χ0) is 17.2. The van der Waals surface area contributed by atoms with Gasteiger partial charge in [-0.15, -0.1) is 0 Å². The van der Waals surface area contributed by atoms with Crippen LogP contribution in [0.2, 0.25) is 0 Å². The minimum Gasteiger partial charge on any atom is -0.508 e. The summed E-state index contributed by atoms with van der Waals surface area (Å²) in [6.07, 6.45) is 4.63. The number of likely N-dealkylation sites (tertiary alicyclic amines) is 1. The first-order chi connectivity index (χ1) is 11.5. The second kappa shape index (κ2) is 6.94. The molecule has 2 aromatic carbocycles. The Balaban J connectivity index is 1.98. The minimum absolute atomic E-state index is 0.0161. The van der Waals surface area contributed by atoms with Crippen LogP contribution in [0.4, 0.5) is 4.39 Å². The Morgan fingerprint density at radius 3 is 2.58 bits per heavy atom. The summed E-state index contributed by atoms with van der Waals surface area (Å²) in [4.78, 5) is 0. The zero-order valence-electron chi connectivity index (χ0n) is 14.6. The summed E-state index contributed by atoms with van der Waals surface area (Å²) < 4.78 is 14.8. The summed E-state index contributed by atoms with van der Waals surface area (Å²) in [6, 6.07) is 15.0. The highest BCUT2D eigenvalue weighted by molar-refractivity contribution is 5.41. The van der Waals surface area contributed by atoms with Crippen molar-refractivity contribution in [2.45, 2.75) is 37.6 Å². The second-order valence-electron chi connectivity index (χ2n) is 7.55. The Morgan fingerprint density at radius 1 is 1.12 bits per heavy atom. The number of nitrogens with zero attached hydrogens (tertiary/aromatic N) is 1. The molecule has 0 radical (unpaired) electrons. The molecule has 1 aliphatic heterocycles. The van der Waals surface area contributed by atoms with Crippen LogP contribution in [0.1, 0.15) is 42.7 Å². The summed E-state index contributed by atoms with van der Waals surface area (Å²) in [5.41, 5.74) is 1.84. The van der Waals surface area contributed by atoms with Gasteiger partial charge in [-0.05, 0) is 43.0 Å². The van der Waals surface area contributed by atoms with Gasteiger partial charge in [0.2, 0.25) is 0 Å². The molecular formula is C21H27FNO+. The quantitative estimate of drug-likeness (QED) is 0.808. The van der Waals surface area contributed by atoms with Crippen LogP contribution in [0.25, 0.3) is 0 Å². The van der Waals surface area contributed by atoms with Gasteiger partial charge in [-0.3, -0.25) is 0 Å². The maximum Gasteiger partial charge on any atom is 0.123 e. The van der Waals surface area contributed by atoms with Gasteiger partial charge >= 0.3 is 0 Å². The van der Waals surface area contributed by atoms with Crippen LogP contribution in [0, 0.1) is 5.82 Å². The van der Waals surface area contributed by atoms with E-state index in [-0.39, 0.29) is 17.5 Å². The number of piperidine rings is 1. The van der Waals surface area contributed by atoms with Gasteiger partial charge in [0.15, 0.2) is 0 Å². The highest BCUT2D eigenvalue weighted by atomic mass is 19.1. The molecule has 2 aromatic rings. The predicted octanol–water partition coefficient (Wildman–Crippen LogP) is 4.68. The molecule has 0 bridgehead atoms. The normalized spacial score (nSPS) is 21.4. The average Bonchev–Trinajstić information content (AvgIpc) is 2.57. The molecule has 1 fully saturated rings. The first-order valence-corrected chi connectivity index (χ1v) is 8.83. The van der Waals surface area contributed by atoms with Crippen molar-refractivity contribution in [3.05, 3.63) is 65.5 Å². The van der Waals surface area contributed by atoms with E-state index in [1.165, 1.54) is 44.0 Å². The molecule has 2 atom stereocenters. The molecule has 1 N–H and O–H groups in total. The summed E-state index contributed by atoms with van der Waals surface area (Å²) in [5, 5.41) is 10.4. The van der Waals surface area contributed by atoms with Crippen molar-refractivity contribution in [1.82, 2.24) is 0 Å². The number of benzene rings is 2. The summed E-state index contributed by atoms with van der Waals surface area (Å²) in [6.45, 7) is 1.18. The van der Waals surface area contributed by atoms with E-state index in [1.807, 2.05) is 18.2 Å². The SMILES string of the molecule is C[N+]1(C)CCCCC1CC(c1ccccc1)c1cc(F)ccc1O. The van der Waals surface area contributed by atoms with E-state index >= 15 is 0 Å². The third-order valence-corrected chi connectivity index (χ3v) is 5.58. The van der Waals surface area contributed by atoms with Crippen molar-refractivity contribution in [2.24, 2.45) is 0 Å². The lowest BCUT2D eigenvalue weighted by atomic mass is 9.82.